The predicted molar refractivity (Wildman–Crippen MR) is 93.4 cm³/mol. The van der Waals surface area contributed by atoms with Crippen molar-refractivity contribution in [3.63, 3.8) is 0 Å². The Kier molecular flexibility index (Phi) is 6.11. The Labute approximate surface area is 152 Å². The second-order valence-electron chi connectivity index (χ2n) is 5.47. The zero-order valence-electron chi connectivity index (χ0n) is 14.1. The average Bonchev–Trinajstić information content (AvgIpc) is 2.64. The number of nitro benzene ring substituents is 1. The van der Waals surface area contributed by atoms with E-state index in [1.165, 1.54) is 30.3 Å². The van der Waals surface area contributed by atoms with Gasteiger partial charge in [0.25, 0.3) is 11.6 Å². The van der Waals surface area contributed by atoms with Crippen LogP contribution < -0.4 is 10.7 Å². The first-order valence-electron chi connectivity index (χ1n) is 7.66. The van der Waals surface area contributed by atoms with Gasteiger partial charge in [-0.05, 0) is 25.1 Å². The third-order valence-corrected chi connectivity index (χ3v) is 3.47. The molecule has 0 radical (unpaired) electrons. The van der Waals surface area contributed by atoms with Crippen LogP contribution in [-0.2, 0) is 11.0 Å². The summed E-state index contributed by atoms with van der Waals surface area (Å²) in [5.74, 6) is -0.586. The number of carbonyl (C=O) groups excluding carboxylic acids is 1. The molecular formula is C17H15F3N4O3. The molecular weight excluding hydrogens is 365 g/mol. The van der Waals surface area contributed by atoms with Crippen molar-refractivity contribution in [2.75, 3.05) is 11.9 Å². The summed E-state index contributed by atoms with van der Waals surface area (Å²) in [6.07, 6.45) is -4.47. The molecule has 1 amide bonds. The molecule has 2 aromatic rings. The third kappa shape index (κ3) is 5.80. The number of anilines is 1. The van der Waals surface area contributed by atoms with Gasteiger partial charge >= 0.3 is 6.18 Å². The van der Waals surface area contributed by atoms with Crippen LogP contribution in [0.5, 0.6) is 0 Å². The molecule has 0 aliphatic carbocycles. The quantitative estimate of drug-likeness (QED) is 0.455. The number of hydrogen-bond donors (Lipinski definition) is 2. The third-order valence-electron chi connectivity index (χ3n) is 3.47. The lowest BCUT2D eigenvalue weighted by molar-refractivity contribution is -0.384. The summed E-state index contributed by atoms with van der Waals surface area (Å²) < 4.78 is 37.9. The number of halogens is 3. The average molecular weight is 380 g/mol. The van der Waals surface area contributed by atoms with E-state index >= 15 is 0 Å². The van der Waals surface area contributed by atoms with Crippen LogP contribution in [0.3, 0.4) is 0 Å². The van der Waals surface area contributed by atoms with Gasteiger partial charge in [-0.2, -0.15) is 18.3 Å². The highest BCUT2D eigenvalue weighted by Gasteiger charge is 2.30. The topological polar surface area (TPSA) is 96.6 Å². The lowest BCUT2D eigenvalue weighted by atomic mass is 10.1. The van der Waals surface area contributed by atoms with Gasteiger partial charge in [-0.3, -0.25) is 14.9 Å². The van der Waals surface area contributed by atoms with Crippen LogP contribution in [0.15, 0.2) is 53.6 Å². The SMILES string of the molecule is C/C(=N/NC(=O)CNc1cccc(C(F)(F)F)c1)c1cccc([N+](=O)[O-])c1. The van der Waals surface area contributed by atoms with Gasteiger partial charge in [0.05, 0.1) is 22.7 Å². The summed E-state index contributed by atoms with van der Waals surface area (Å²) in [7, 11) is 0. The maximum atomic E-state index is 12.6. The molecule has 0 aliphatic heterocycles. The summed E-state index contributed by atoms with van der Waals surface area (Å²) in [6.45, 7) is 1.26. The van der Waals surface area contributed by atoms with Crippen molar-refractivity contribution in [3.05, 3.63) is 69.8 Å². The molecule has 7 nitrogen and oxygen atoms in total. The van der Waals surface area contributed by atoms with Crippen molar-refractivity contribution in [2.24, 2.45) is 5.10 Å². The molecule has 2 N–H and O–H groups in total. The number of nitrogens with zero attached hydrogens (tertiary/aromatic N) is 2. The molecule has 0 bridgehead atoms. The molecule has 0 aliphatic rings. The number of alkyl halides is 3. The molecule has 2 rings (SSSR count). The van der Waals surface area contributed by atoms with Crippen molar-refractivity contribution in [2.45, 2.75) is 13.1 Å². The predicted octanol–water partition coefficient (Wildman–Crippen LogP) is 3.57. The van der Waals surface area contributed by atoms with Gasteiger partial charge in [0.15, 0.2) is 0 Å². The first-order valence-corrected chi connectivity index (χ1v) is 7.66. The Hall–Kier alpha value is -3.43. The minimum atomic E-state index is -4.47. The highest BCUT2D eigenvalue weighted by molar-refractivity contribution is 5.99. The number of non-ortho nitro benzene ring substituents is 1. The first kappa shape index (κ1) is 19.9. The van der Waals surface area contributed by atoms with Crippen molar-refractivity contribution >= 4 is 23.0 Å². The fourth-order valence-corrected chi connectivity index (χ4v) is 2.08. The second-order valence-corrected chi connectivity index (χ2v) is 5.47. The van der Waals surface area contributed by atoms with Gasteiger partial charge in [-0.1, -0.05) is 18.2 Å². The normalized spacial score (nSPS) is 11.8. The number of carbonyl (C=O) groups is 1. The standard InChI is InChI=1S/C17H15F3N4O3/c1-11(12-4-2-7-15(8-12)24(26)27)22-23-16(25)10-21-14-6-3-5-13(9-14)17(18,19)20/h2-9,21H,10H2,1H3,(H,23,25)/b22-11-. The number of rotatable bonds is 6. The number of hydrogen-bond acceptors (Lipinski definition) is 5. The molecule has 142 valence electrons. The van der Waals surface area contributed by atoms with Crippen molar-refractivity contribution in [1.29, 1.82) is 0 Å². The van der Waals surface area contributed by atoms with Crippen LogP contribution in [-0.4, -0.2) is 23.1 Å². The lowest BCUT2D eigenvalue weighted by Gasteiger charge is -2.10. The second kappa shape index (κ2) is 8.30. The van der Waals surface area contributed by atoms with E-state index in [-0.39, 0.29) is 17.9 Å². The zero-order chi connectivity index (χ0) is 20.0. The van der Waals surface area contributed by atoms with E-state index in [1.54, 1.807) is 13.0 Å². The largest absolute Gasteiger partial charge is 0.416 e. The Morgan fingerprint density at radius 2 is 1.89 bits per heavy atom. The number of hydrazone groups is 1. The Balaban J connectivity index is 1.95. The molecule has 0 unspecified atom stereocenters. The van der Waals surface area contributed by atoms with E-state index in [0.717, 1.165) is 12.1 Å². The molecule has 0 atom stereocenters. The van der Waals surface area contributed by atoms with E-state index in [9.17, 15) is 28.1 Å². The van der Waals surface area contributed by atoms with Crippen molar-refractivity contribution in [1.82, 2.24) is 5.43 Å². The molecule has 2 aromatic carbocycles. The van der Waals surface area contributed by atoms with Gasteiger partial charge in [-0.25, -0.2) is 5.43 Å². The monoisotopic (exact) mass is 380 g/mol. The molecule has 0 saturated carbocycles. The molecule has 0 spiro atoms. The van der Waals surface area contributed by atoms with Gasteiger partial charge in [0.2, 0.25) is 0 Å². The number of nitrogens with one attached hydrogen (secondary N) is 2. The van der Waals surface area contributed by atoms with Gasteiger partial charge in [0.1, 0.15) is 0 Å². The summed E-state index contributed by atoms with van der Waals surface area (Å²) in [4.78, 5) is 22.0. The summed E-state index contributed by atoms with van der Waals surface area (Å²) >= 11 is 0. The molecule has 27 heavy (non-hydrogen) atoms. The van der Waals surface area contributed by atoms with Crippen molar-refractivity contribution < 1.29 is 22.9 Å². The van der Waals surface area contributed by atoms with E-state index in [0.29, 0.717) is 11.3 Å². The Morgan fingerprint density at radius 1 is 1.19 bits per heavy atom. The highest BCUT2D eigenvalue weighted by atomic mass is 19.4. The summed E-state index contributed by atoms with van der Waals surface area (Å²) in [5, 5.41) is 17.2. The molecule has 0 heterocycles. The van der Waals surface area contributed by atoms with Crippen LogP contribution in [0.25, 0.3) is 0 Å². The molecule has 0 fully saturated rings. The van der Waals surface area contributed by atoms with E-state index in [1.807, 2.05) is 0 Å². The summed E-state index contributed by atoms with van der Waals surface area (Å²) in [5.41, 5.74) is 2.23. The molecule has 0 saturated heterocycles. The van der Waals surface area contributed by atoms with E-state index < -0.39 is 22.6 Å². The fourth-order valence-electron chi connectivity index (χ4n) is 2.08. The van der Waals surface area contributed by atoms with Crippen LogP contribution >= 0.6 is 0 Å². The van der Waals surface area contributed by atoms with Crippen LogP contribution in [0, 0.1) is 10.1 Å². The minimum Gasteiger partial charge on any atom is -0.376 e. The minimum absolute atomic E-state index is 0.111. The highest BCUT2D eigenvalue weighted by Crippen LogP contribution is 2.30. The van der Waals surface area contributed by atoms with E-state index in [4.69, 9.17) is 0 Å². The number of benzene rings is 2. The molecule has 0 aromatic heterocycles. The van der Waals surface area contributed by atoms with Crippen LogP contribution in [0.4, 0.5) is 24.5 Å². The maximum absolute atomic E-state index is 12.6. The van der Waals surface area contributed by atoms with Gasteiger partial charge in [0, 0.05) is 23.4 Å². The number of nitro groups is 1. The smallest absolute Gasteiger partial charge is 0.376 e. The van der Waals surface area contributed by atoms with Gasteiger partial charge in [-0.15, -0.1) is 0 Å². The van der Waals surface area contributed by atoms with Crippen molar-refractivity contribution in [3.8, 4) is 0 Å². The van der Waals surface area contributed by atoms with E-state index in [2.05, 4.69) is 15.8 Å². The van der Waals surface area contributed by atoms with Crippen LogP contribution in [0.2, 0.25) is 0 Å². The Bertz CT molecular complexity index is 882. The number of amides is 1. The maximum Gasteiger partial charge on any atom is 0.416 e. The first-order chi connectivity index (χ1) is 12.7. The zero-order valence-corrected chi connectivity index (χ0v) is 14.1. The fraction of sp³-hybridized carbons (Fsp3) is 0.176. The summed E-state index contributed by atoms with van der Waals surface area (Å²) in [6, 6.07) is 10.2. The Morgan fingerprint density at radius 3 is 2.56 bits per heavy atom. The van der Waals surface area contributed by atoms with Crippen LogP contribution in [0.1, 0.15) is 18.1 Å². The lowest BCUT2D eigenvalue weighted by Crippen LogP contribution is -2.26. The molecule has 10 heteroatoms. The van der Waals surface area contributed by atoms with Gasteiger partial charge < -0.3 is 5.32 Å².